The van der Waals surface area contributed by atoms with Gasteiger partial charge in [-0.05, 0) is 82.3 Å². The summed E-state index contributed by atoms with van der Waals surface area (Å²) in [6, 6.07) is 5.34. The zero-order valence-electron chi connectivity index (χ0n) is 27.3. The van der Waals surface area contributed by atoms with E-state index in [1.165, 1.54) is 7.11 Å². The molecule has 6 rings (SSSR count). The number of benzene rings is 1. The lowest BCUT2D eigenvalue weighted by Gasteiger charge is -2.64. The first-order valence-corrected chi connectivity index (χ1v) is 15.8. The van der Waals surface area contributed by atoms with Gasteiger partial charge in [0.25, 0.3) is 0 Å². The van der Waals surface area contributed by atoms with Crippen LogP contribution in [0.3, 0.4) is 0 Å². The minimum absolute atomic E-state index is 0.0704. The smallest absolute Gasteiger partial charge is 0.482 e. The van der Waals surface area contributed by atoms with Gasteiger partial charge in [-0.15, -0.1) is 5.10 Å². The number of aliphatic hydroxyl groups excluding tert-OH is 1. The Kier molecular flexibility index (Phi) is 8.92. The Morgan fingerprint density at radius 1 is 1.25 bits per heavy atom. The summed E-state index contributed by atoms with van der Waals surface area (Å²) >= 11 is 0. The van der Waals surface area contributed by atoms with Crippen molar-refractivity contribution in [3.05, 3.63) is 40.7 Å². The van der Waals surface area contributed by atoms with Crippen LogP contribution in [-0.4, -0.2) is 69.5 Å². The number of hydrogen-bond acceptors (Lipinski definition) is 9. The SMILES string of the molecule is CCCc1c(CO)nnn1CC(=O)N[C@@H](Cc1cccc(C(=O)OC(C)(C)C)c1OC)B1O[C@@H]2C[C@@H]3C[C@@H](C3(C)C)[C@]2(C)O1. The van der Waals surface area contributed by atoms with E-state index in [1.807, 2.05) is 33.8 Å². The number of nitrogens with one attached hydrogen (secondary N) is 1. The Morgan fingerprint density at radius 2 is 2.00 bits per heavy atom. The van der Waals surface area contributed by atoms with E-state index in [0.717, 1.165) is 25.0 Å². The molecule has 5 atom stereocenters. The summed E-state index contributed by atoms with van der Waals surface area (Å²) in [6.45, 7) is 13.9. The monoisotopic (exact) mass is 610 g/mol. The van der Waals surface area contributed by atoms with Crippen LogP contribution >= 0.6 is 0 Å². The molecular weight excluding hydrogens is 563 g/mol. The van der Waals surface area contributed by atoms with Crippen molar-refractivity contribution >= 4 is 19.0 Å². The summed E-state index contributed by atoms with van der Waals surface area (Å²) in [5, 5.41) is 21.1. The van der Waals surface area contributed by atoms with Gasteiger partial charge in [0, 0.05) is 0 Å². The summed E-state index contributed by atoms with van der Waals surface area (Å²) in [5.74, 6) is -0.0464. The molecule has 4 aliphatic rings. The van der Waals surface area contributed by atoms with Crippen LogP contribution in [0.5, 0.6) is 5.75 Å². The predicted molar refractivity (Wildman–Crippen MR) is 164 cm³/mol. The first kappa shape index (κ1) is 32.4. The van der Waals surface area contributed by atoms with E-state index >= 15 is 0 Å². The van der Waals surface area contributed by atoms with E-state index in [4.69, 9.17) is 18.8 Å². The van der Waals surface area contributed by atoms with Crippen LogP contribution in [0.1, 0.15) is 95.0 Å². The second-order valence-corrected chi connectivity index (χ2v) is 14.3. The Balaban J connectivity index is 1.43. The number of ether oxygens (including phenoxy) is 2. The van der Waals surface area contributed by atoms with E-state index in [9.17, 15) is 14.7 Å². The first-order chi connectivity index (χ1) is 20.7. The maximum Gasteiger partial charge on any atom is 0.482 e. The molecule has 12 heteroatoms. The molecule has 3 aliphatic carbocycles. The fourth-order valence-corrected chi connectivity index (χ4v) is 7.52. The number of rotatable bonds is 11. The van der Waals surface area contributed by atoms with Crippen LogP contribution in [0.25, 0.3) is 0 Å². The Bertz CT molecular complexity index is 1390. The van der Waals surface area contributed by atoms with Crippen LogP contribution in [0, 0.1) is 17.3 Å². The van der Waals surface area contributed by atoms with Gasteiger partial charge in [-0.1, -0.05) is 44.5 Å². The Hall–Kier alpha value is -2.96. The maximum absolute atomic E-state index is 13.6. The van der Waals surface area contributed by atoms with Gasteiger partial charge in [-0.3, -0.25) is 4.79 Å². The zero-order chi connectivity index (χ0) is 32.0. The highest BCUT2D eigenvalue weighted by Crippen LogP contribution is 2.65. The third-order valence-electron chi connectivity index (χ3n) is 9.85. The fourth-order valence-electron chi connectivity index (χ4n) is 7.52. The van der Waals surface area contributed by atoms with Gasteiger partial charge in [-0.25, -0.2) is 9.48 Å². The summed E-state index contributed by atoms with van der Waals surface area (Å²) in [6.07, 6.45) is 3.70. The van der Waals surface area contributed by atoms with Gasteiger partial charge in [0.05, 0.1) is 37.1 Å². The average molecular weight is 611 g/mol. The molecule has 0 spiro atoms. The molecule has 3 saturated carbocycles. The molecule has 1 amide bonds. The molecule has 2 aromatic rings. The number of aliphatic hydroxyl groups is 1. The number of amides is 1. The highest BCUT2D eigenvalue weighted by Gasteiger charge is 2.68. The van der Waals surface area contributed by atoms with E-state index in [0.29, 0.717) is 40.8 Å². The second kappa shape index (κ2) is 12.1. The molecule has 4 fully saturated rings. The lowest BCUT2D eigenvalue weighted by Crippen LogP contribution is -2.65. The lowest BCUT2D eigenvalue weighted by atomic mass is 9.43. The summed E-state index contributed by atoms with van der Waals surface area (Å²) in [4.78, 5) is 26.7. The molecule has 1 aromatic carbocycles. The van der Waals surface area contributed by atoms with Crippen molar-refractivity contribution in [2.75, 3.05) is 7.11 Å². The van der Waals surface area contributed by atoms with Crippen LogP contribution in [0.2, 0.25) is 0 Å². The largest absolute Gasteiger partial charge is 0.496 e. The van der Waals surface area contributed by atoms with E-state index in [2.05, 4.69) is 36.4 Å². The molecule has 240 valence electrons. The standard InChI is InChI=1S/C32H47BN4O7/c1-9-11-23-22(18-38)35-36-37(23)17-27(39)34-26(33-43-25-16-20-15-24(31(20,5)6)32(25,7)44-33)14-19-12-10-13-21(28(19)41-8)29(40)42-30(2,3)4/h10,12-13,20,24-26,38H,9,11,14-18H2,1-8H3,(H,34,39)/t20-,24-,25+,26-,32-/m0/s1. The molecule has 1 saturated heterocycles. The fraction of sp³-hybridized carbons (Fsp3) is 0.688. The average Bonchev–Trinajstić information content (AvgIpc) is 3.51. The van der Waals surface area contributed by atoms with Crippen molar-refractivity contribution in [1.82, 2.24) is 20.3 Å². The third kappa shape index (κ3) is 6.00. The van der Waals surface area contributed by atoms with E-state index in [-0.39, 0.29) is 37.0 Å². The number of hydrogen-bond donors (Lipinski definition) is 2. The maximum atomic E-state index is 13.6. The number of esters is 1. The minimum atomic E-state index is -0.710. The lowest BCUT2D eigenvalue weighted by molar-refractivity contribution is -0.199. The molecule has 2 bridgehead atoms. The molecule has 2 heterocycles. The molecule has 1 aromatic heterocycles. The van der Waals surface area contributed by atoms with Crippen molar-refractivity contribution in [2.24, 2.45) is 17.3 Å². The van der Waals surface area contributed by atoms with Crippen LogP contribution in [0.4, 0.5) is 0 Å². The second-order valence-electron chi connectivity index (χ2n) is 14.3. The number of aromatic nitrogens is 3. The molecule has 0 radical (unpaired) electrons. The third-order valence-corrected chi connectivity index (χ3v) is 9.85. The highest BCUT2D eigenvalue weighted by atomic mass is 16.7. The van der Waals surface area contributed by atoms with E-state index < -0.39 is 30.2 Å². The quantitative estimate of drug-likeness (QED) is 0.289. The summed E-state index contributed by atoms with van der Waals surface area (Å²) < 4.78 is 26.3. The highest BCUT2D eigenvalue weighted by molar-refractivity contribution is 6.48. The van der Waals surface area contributed by atoms with Gasteiger partial charge in [-0.2, -0.15) is 0 Å². The Labute approximate surface area is 260 Å². The van der Waals surface area contributed by atoms with Crippen molar-refractivity contribution in [3.63, 3.8) is 0 Å². The molecule has 44 heavy (non-hydrogen) atoms. The van der Waals surface area contributed by atoms with Crippen molar-refractivity contribution < 1.29 is 33.5 Å². The van der Waals surface area contributed by atoms with Gasteiger partial charge >= 0.3 is 13.1 Å². The molecular formula is C32H47BN4O7. The van der Waals surface area contributed by atoms with Crippen LogP contribution in [-0.2, 0) is 44.8 Å². The topological polar surface area (TPSA) is 134 Å². The number of carbonyl (C=O) groups excluding carboxylic acids is 2. The number of nitrogens with zero attached hydrogens (tertiary/aromatic N) is 3. The van der Waals surface area contributed by atoms with Crippen molar-refractivity contribution in [3.8, 4) is 5.75 Å². The summed E-state index contributed by atoms with van der Waals surface area (Å²) in [5.41, 5.74) is 1.26. The minimum Gasteiger partial charge on any atom is -0.496 e. The zero-order valence-corrected chi connectivity index (χ0v) is 27.3. The number of carbonyl (C=O) groups is 2. The van der Waals surface area contributed by atoms with Crippen LogP contribution in [0.15, 0.2) is 18.2 Å². The molecule has 0 unspecified atom stereocenters. The number of para-hydroxylation sites is 1. The van der Waals surface area contributed by atoms with Gasteiger partial charge < -0.3 is 29.2 Å². The van der Waals surface area contributed by atoms with Gasteiger partial charge in [0.15, 0.2) is 0 Å². The van der Waals surface area contributed by atoms with E-state index in [1.54, 1.807) is 16.8 Å². The Morgan fingerprint density at radius 3 is 2.64 bits per heavy atom. The van der Waals surface area contributed by atoms with Gasteiger partial charge in [0.1, 0.15) is 29.2 Å². The van der Waals surface area contributed by atoms with Crippen LogP contribution < -0.4 is 10.1 Å². The molecule has 1 aliphatic heterocycles. The predicted octanol–water partition coefficient (Wildman–Crippen LogP) is 3.68. The summed E-state index contributed by atoms with van der Waals surface area (Å²) in [7, 11) is 0.810. The first-order valence-electron chi connectivity index (χ1n) is 15.8. The van der Waals surface area contributed by atoms with Crippen molar-refractivity contribution in [1.29, 1.82) is 0 Å². The van der Waals surface area contributed by atoms with Crippen molar-refractivity contribution in [2.45, 2.75) is 117 Å². The van der Waals surface area contributed by atoms with Gasteiger partial charge in [0.2, 0.25) is 5.91 Å². The molecule has 2 N–H and O–H groups in total. The molecule has 11 nitrogen and oxygen atoms in total. The number of methoxy groups -OCH3 is 1. The normalized spacial score (nSPS) is 26.0.